The van der Waals surface area contributed by atoms with Crippen molar-refractivity contribution in [3.05, 3.63) is 84.6 Å². The van der Waals surface area contributed by atoms with Crippen LogP contribution in [-0.4, -0.2) is 39.5 Å². The van der Waals surface area contributed by atoms with E-state index in [1.54, 1.807) is 48.8 Å². The van der Waals surface area contributed by atoms with Gasteiger partial charge in [-0.15, -0.1) is 11.3 Å². The van der Waals surface area contributed by atoms with Crippen LogP contribution in [0.15, 0.2) is 66.3 Å². The maximum absolute atomic E-state index is 13.0. The fourth-order valence-corrected chi connectivity index (χ4v) is 6.12. The number of thiazole rings is 1. The van der Waals surface area contributed by atoms with Gasteiger partial charge in [-0.25, -0.2) is 4.98 Å². The predicted molar refractivity (Wildman–Crippen MR) is 162 cm³/mol. The molecular weight excluding hydrogens is 730 g/mol. The van der Waals surface area contributed by atoms with Crippen LogP contribution in [0.1, 0.15) is 15.9 Å². The van der Waals surface area contributed by atoms with Gasteiger partial charge in [0.2, 0.25) is 5.91 Å². The SMILES string of the molecule is N#CCNC(=O)C(Cc1cc(I)c(O)c(I)c1)NC(=O)c1ccc(-c2csc(Nc3ccncc3)n2)cc1. The van der Waals surface area contributed by atoms with Crippen molar-refractivity contribution in [3.8, 4) is 23.1 Å². The molecule has 9 nitrogen and oxygen atoms in total. The number of rotatable bonds is 9. The zero-order valence-corrected chi connectivity index (χ0v) is 24.7. The average molecular weight is 750 g/mol. The average Bonchev–Trinajstić information content (AvgIpc) is 3.39. The number of nitrogens with one attached hydrogen (secondary N) is 3. The van der Waals surface area contributed by atoms with Gasteiger partial charge in [0.05, 0.1) is 18.9 Å². The molecule has 0 aliphatic heterocycles. The van der Waals surface area contributed by atoms with E-state index in [1.807, 2.05) is 68.8 Å². The molecule has 0 spiro atoms. The molecule has 2 aromatic heterocycles. The summed E-state index contributed by atoms with van der Waals surface area (Å²) < 4.78 is 1.28. The molecule has 2 amide bonds. The number of pyridine rings is 1. The van der Waals surface area contributed by atoms with Crippen LogP contribution in [0.3, 0.4) is 0 Å². The highest BCUT2D eigenvalue weighted by Gasteiger charge is 2.23. The van der Waals surface area contributed by atoms with Gasteiger partial charge >= 0.3 is 0 Å². The van der Waals surface area contributed by atoms with E-state index in [9.17, 15) is 14.7 Å². The predicted octanol–water partition coefficient (Wildman–Crippen LogP) is 4.84. The van der Waals surface area contributed by atoms with Crippen molar-refractivity contribution in [2.24, 2.45) is 0 Å². The van der Waals surface area contributed by atoms with Gasteiger partial charge in [-0.05, 0) is 87.1 Å². The first-order chi connectivity index (χ1) is 18.3. The van der Waals surface area contributed by atoms with E-state index in [-0.39, 0.29) is 18.7 Å². The first kappa shape index (κ1) is 27.7. The van der Waals surface area contributed by atoms with Crippen molar-refractivity contribution in [2.75, 3.05) is 11.9 Å². The molecular formula is C26H20I2N6O3S. The summed E-state index contributed by atoms with van der Waals surface area (Å²) in [5, 5.41) is 30.1. The Balaban J connectivity index is 1.46. The molecule has 0 saturated heterocycles. The molecule has 1 unspecified atom stereocenters. The Bertz CT molecular complexity index is 1470. The van der Waals surface area contributed by atoms with Crippen molar-refractivity contribution >= 4 is 79.2 Å². The van der Waals surface area contributed by atoms with Crippen LogP contribution in [0, 0.1) is 18.5 Å². The van der Waals surface area contributed by atoms with Crippen molar-refractivity contribution < 1.29 is 14.7 Å². The first-order valence-corrected chi connectivity index (χ1v) is 14.2. The Labute approximate surface area is 250 Å². The lowest BCUT2D eigenvalue weighted by Gasteiger charge is -2.19. The number of aromatic hydroxyl groups is 1. The fourth-order valence-electron chi connectivity index (χ4n) is 3.49. The number of nitrogens with zero attached hydrogens (tertiary/aromatic N) is 3. The van der Waals surface area contributed by atoms with Crippen LogP contribution in [0.4, 0.5) is 10.8 Å². The summed E-state index contributed by atoms with van der Waals surface area (Å²) in [5.74, 6) is -0.716. The third-order valence-corrected chi connectivity index (χ3v) is 7.76. The lowest BCUT2D eigenvalue weighted by molar-refractivity contribution is -0.122. The number of hydrogen-bond donors (Lipinski definition) is 4. The number of carbonyl (C=O) groups is 2. The van der Waals surface area contributed by atoms with Crippen molar-refractivity contribution in [1.29, 1.82) is 5.26 Å². The molecule has 38 heavy (non-hydrogen) atoms. The lowest BCUT2D eigenvalue weighted by Crippen LogP contribution is -2.48. The number of carbonyl (C=O) groups excluding carboxylic acids is 2. The monoisotopic (exact) mass is 750 g/mol. The summed E-state index contributed by atoms with van der Waals surface area (Å²) in [7, 11) is 0. The summed E-state index contributed by atoms with van der Waals surface area (Å²) in [6.45, 7) is -0.170. The number of nitriles is 1. The molecule has 0 radical (unpaired) electrons. The van der Waals surface area contributed by atoms with Gasteiger partial charge in [-0.2, -0.15) is 5.26 Å². The third-order valence-electron chi connectivity index (χ3n) is 5.36. The van der Waals surface area contributed by atoms with E-state index < -0.39 is 17.9 Å². The van der Waals surface area contributed by atoms with Crippen LogP contribution < -0.4 is 16.0 Å². The minimum absolute atomic E-state index is 0.170. The number of anilines is 2. The van der Waals surface area contributed by atoms with Crippen molar-refractivity contribution in [1.82, 2.24) is 20.6 Å². The maximum Gasteiger partial charge on any atom is 0.251 e. The molecule has 0 saturated carbocycles. The van der Waals surface area contributed by atoms with Gasteiger partial charge in [-0.1, -0.05) is 12.1 Å². The molecule has 0 aliphatic rings. The van der Waals surface area contributed by atoms with Gasteiger partial charge in [0.1, 0.15) is 18.3 Å². The third kappa shape index (κ3) is 7.17. The second-order valence-electron chi connectivity index (χ2n) is 7.99. The van der Waals surface area contributed by atoms with Crippen LogP contribution in [0.25, 0.3) is 11.3 Å². The Morgan fingerprint density at radius 1 is 1.08 bits per heavy atom. The molecule has 2 aromatic carbocycles. The number of halogens is 2. The summed E-state index contributed by atoms with van der Waals surface area (Å²) in [5.41, 5.74) is 3.65. The molecule has 4 rings (SSSR count). The summed E-state index contributed by atoms with van der Waals surface area (Å²) in [4.78, 5) is 34.4. The van der Waals surface area contributed by atoms with E-state index >= 15 is 0 Å². The fraction of sp³-hybridized carbons (Fsp3) is 0.115. The highest BCUT2D eigenvalue weighted by Crippen LogP contribution is 2.29. The Morgan fingerprint density at radius 2 is 1.76 bits per heavy atom. The number of phenols is 1. The molecule has 1 atom stereocenters. The van der Waals surface area contributed by atoms with Gasteiger partial charge in [0.25, 0.3) is 5.91 Å². The first-order valence-electron chi connectivity index (χ1n) is 11.2. The topological polar surface area (TPSA) is 140 Å². The van der Waals surface area contributed by atoms with Crippen LogP contribution >= 0.6 is 56.5 Å². The Hall–Kier alpha value is -3.29. The molecule has 4 N–H and O–H groups in total. The van der Waals surface area contributed by atoms with E-state index in [0.717, 1.165) is 27.6 Å². The number of phenolic OH excluding ortho intramolecular Hbond substituents is 1. The van der Waals surface area contributed by atoms with E-state index in [1.165, 1.54) is 11.3 Å². The second-order valence-corrected chi connectivity index (χ2v) is 11.2. The van der Waals surface area contributed by atoms with Crippen molar-refractivity contribution in [2.45, 2.75) is 12.5 Å². The Kier molecular flexibility index (Phi) is 9.48. The quantitative estimate of drug-likeness (QED) is 0.142. The maximum atomic E-state index is 13.0. The summed E-state index contributed by atoms with van der Waals surface area (Å²) in [6.07, 6.45) is 3.59. The molecule has 4 aromatic rings. The summed E-state index contributed by atoms with van der Waals surface area (Å²) >= 11 is 5.50. The minimum atomic E-state index is -0.910. The molecule has 12 heteroatoms. The second kappa shape index (κ2) is 13.0. The number of amides is 2. The van der Waals surface area contributed by atoms with Crippen LogP contribution in [0.5, 0.6) is 5.75 Å². The minimum Gasteiger partial charge on any atom is -0.506 e. The van der Waals surface area contributed by atoms with Gasteiger partial charge < -0.3 is 21.1 Å². The largest absolute Gasteiger partial charge is 0.506 e. The smallest absolute Gasteiger partial charge is 0.251 e. The van der Waals surface area contributed by atoms with E-state index in [2.05, 4.69) is 25.9 Å². The van der Waals surface area contributed by atoms with Gasteiger partial charge in [0, 0.05) is 41.0 Å². The Morgan fingerprint density at radius 3 is 2.42 bits per heavy atom. The highest BCUT2D eigenvalue weighted by atomic mass is 127. The highest BCUT2D eigenvalue weighted by molar-refractivity contribution is 14.1. The molecule has 0 fully saturated rings. The zero-order valence-electron chi connectivity index (χ0n) is 19.6. The van der Waals surface area contributed by atoms with Gasteiger partial charge in [-0.3, -0.25) is 14.6 Å². The normalized spacial score (nSPS) is 11.3. The van der Waals surface area contributed by atoms with Gasteiger partial charge in [0.15, 0.2) is 5.13 Å². The number of hydrogen-bond acceptors (Lipinski definition) is 8. The lowest BCUT2D eigenvalue weighted by atomic mass is 10.0. The molecule has 0 bridgehead atoms. The zero-order chi connectivity index (χ0) is 27.1. The van der Waals surface area contributed by atoms with Crippen LogP contribution in [0.2, 0.25) is 0 Å². The molecule has 192 valence electrons. The van der Waals surface area contributed by atoms with Crippen molar-refractivity contribution in [3.63, 3.8) is 0 Å². The number of aromatic nitrogens is 2. The summed E-state index contributed by atoms with van der Waals surface area (Å²) in [6, 6.07) is 15.1. The van der Waals surface area contributed by atoms with Crippen LogP contribution in [-0.2, 0) is 11.2 Å². The molecule has 0 aliphatic carbocycles. The number of benzene rings is 2. The standard InChI is InChI=1S/C26H20I2N6O3S/c27-19-11-15(12-20(28)23(19)35)13-21(25(37)31-10-7-29)33-24(36)17-3-1-16(2-4-17)22-14-38-26(34-22)32-18-5-8-30-9-6-18/h1-6,8-9,11-12,14,21,35H,10,13H2,(H,31,37)(H,33,36)(H,30,32,34). The van der Waals surface area contributed by atoms with E-state index in [0.29, 0.717) is 12.7 Å². The molecule has 2 heterocycles. The van der Waals surface area contributed by atoms with E-state index in [4.69, 9.17) is 5.26 Å².